The highest BCUT2D eigenvalue weighted by atomic mass is 16.5. The molecule has 0 aromatic carbocycles. The highest BCUT2D eigenvalue weighted by Crippen LogP contribution is 1.97. The summed E-state index contributed by atoms with van der Waals surface area (Å²) in [4.78, 5) is 15.5. The van der Waals surface area contributed by atoms with Crippen molar-refractivity contribution in [1.29, 1.82) is 0 Å². The number of nitrogens with one attached hydrogen (secondary N) is 1. The van der Waals surface area contributed by atoms with Gasteiger partial charge in [-0.05, 0) is 12.1 Å². The third kappa shape index (κ3) is 2.40. The second-order valence-corrected chi connectivity index (χ2v) is 2.88. The van der Waals surface area contributed by atoms with Gasteiger partial charge < -0.3 is 9.84 Å². The van der Waals surface area contributed by atoms with Gasteiger partial charge in [0.25, 0.3) is 5.91 Å². The summed E-state index contributed by atoms with van der Waals surface area (Å²) in [5.41, 5.74) is 0.797. The van der Waals surface area contributed by atoms with Gasteiger partial charge in [-0.15, -0.1) is 0 Å². The number of carbonyl (C=O) groups is 1. The summed E-state index contributed by atoms with van der Waals surface area (Å²) in [7, 11) is 0. The van der Waals surface area contributed by atoms with E-state index in [2.05, 4.69) is 15.5 Å². The Morgan fingerprint density at radius 3 is 2.93 bits per heavy atom. The Balaban J connectivity index is 1.92. The van der Waals surface area contributed by atoms with E-state index in [0.29, 0.717) is 6.54 Å². The molecule has 0 saturated carbocycles. The standard InChI is InChI=1S/C10H9N3O2/c14-10(9-4-6-13-15-9)12-7-8-3-1-2-5-11-8/h1-6H,7H2,(H,12,14). The lowest BCUT2D eigenvalue weighted by atomic mass is 10.3. The average Bonchev–Trinajstić information content (AvgIpc) is 2.81. The third-order valence-electron chi connectivity index (χ3n) is 1.82. The van der Waals surface area contributed by atoms with Crippen LogP contribution < -0.4 is 5.32 Å². The molecule has 1 amide bonds. The number of amides is 1. The first-order chi connectivity index (χ1) is 7.36. The van der Waals surface area contributed by atoms with Crippen LogP contribution >= 0.6 is 0 Å². The fourth-order valence-electron chi connectivity index (χ4n) is 1.09. The van der Waals surface area contributed by atoms with Crippen LogP contribution in [0, 0.1) is 0 Å². The van der Waals surface area contributed by atoms with E-state index in [0.717, 1.165) is 5.69 Å². The molecule has 2 heterocycles. The summed E-state index contributed by atoms with van der Waals surface area (Å²) < 4.78 is 4.70. The van der Waals surface area contributed by atoms with Gasteiger partial charge >= 0.3 is 0 Å². The largest absolute Gasteiger partial charge is 0.351 e. The molecule has 5 heteroatoms. The molecule has 0 fully saturated rings. The lowest BCUT2D eigenvalue weighted by molar-refractivity contribution is 0.0913. The van der Waals surface area contributed by atoms with Gasteiger partial charge in [0.1, 0.15) is 0 Å². The number of aromatic nitrogens is 2. The van der Waals surface area contributed by atoms with Gasteiger partial charge in [0.15, 0.2) is 0 Å². The topological polar surface area (TPSA) is 68.0 Å². The Kier molecular flexibility index (Phi) is 2.73. The third-order valence-corrected chi connectivity index (χ3v) is 1.82. The fourth-order valence-corrected chi connectivity index (χ4v) is 1.09. The molecule has 2 aromatic rings. The maximum Gasteiger partial charge on any atom is 0.290 e. The molecule has 76 valence electrons. The van der Waals surface area contributed by atoms with Crippen molar-refractivity contribution in [2.24, 2.45) is 0 Å². The molecule has 1 N–H and O–H groups in total. The van der Waals surface area contributed by atoms with Crippen LogP contribution in [0.15, 0.2) is 41.2 Å². The van der Waals surface area contributed by atoms with Crippen molar-refractivity contribution in [1.82, 2.24) is 15.5 Å². The molecule has 0 bridgehead atoms. The van der Waals surface area contributed by atoms with Gasteiger partial charge in [0.2, 0.25) is 5.76 Å². The predicted molar refractivity (Wildman–Crippen MR) is 51.9 cm³/mol. The zero-order valence-electron chi connectivity index (χ0n) is 7.88. The number of rotatable bonds is 3. The number of hydrogen-bond donors (Lipinski definition) is 1. The van der Waals surface area contributed by atoms with E-state index in [1.54, 1.807) is 6.20 Å². The highest BCUT2D eigenvalue weighted by molar-refractivity contribution is 5.91. The normalized spacial score (nSPS) is 9.87. The number of pyridine rings is 1. The first-order valence-electron chi connectivity index (χ1n) is 4.45. The van der Waals surface area contributed by atoms with Gasteiger partial charge in [-0.1, -0.05) is 11.2 Å². The van der Waals surface area contributed by atoms with E-state index in [1.807, 2.05) is 18.2 Å². The van der Waals surface area contributed by atoms with Gasteiger partial charge in [-0.3, -0.25) is 9.78 Å². The second-order valence-electron chi connectivity index (χ2n) is 2.88. The lowest BCUT2D eigenvalue weighted by Gasteiger charge is -2.00. The first-order valence-corrected chi connectivity index (χ1v) is 4.45. The van der Waals surface area contributed by atoms with Crippen molar-refractivity contribution in [2.75, 3.05) is 0 Å². The first kappa shape index (κ1) is 9.39. The number of hydrogen-bond acceptors (Lipinski definition) is 4. The van der Waals surface area contributed by atoms with Crippen molar-refractivity contribution >= 4 is 5.91 Å². The SMILES string of the molecule is O=C(NCc1ccccn1)c1ccno1. The van der Waals surface area contributed by atoms with E-state index in [-0.39, 0.29) is 11.7 Å². The summed E-state index contributed by atoms with van der Waals surface area (Å²) in [6, 6.07) is 7.03. The van der Waals surface area contributed by atoms with E-state index < -0.39 is 0 Å². The Bertz CT molecular complexity index is 425. The average molecular weight is 203 g/mol. The molecule has 0 atom stereocenters. The smallest absolute Gasteiger partial charge is 0.290 e. The Morgan fingerprint density at radius 1 is 1.33 bits per heavy atom. The molecule has 0 radical (unpaired) electrons. The van der Waals surface area contributed by atoms with Gasteiger partial charge in [0, 0.05) is 12.3 Å². The van der Waals surface area contributed by atoms with Crippen molar-refractivity contribution in [3.63, 3.8) is 0 Å². The molecule has 0 aliphatic heterocycles. The van der Waals surface area contributed by atoms with Crippen molar-refractivity contribution in [3.05, 3.63) is 48.1 Å². The minimum absolute atomic E-state index is 0.200. The van der Waals surface area contributed by atoms with Gasteiger partial charge in [-0.25, -0.2) is 0 Å². The lowest BCUT2D eigenvalue weighted by Crippen LogP contribution is -2.22. The van der Waals surface area contributed by atoms with Crippen LogP contribution in [0.25, 0.3) is 0 Å². The summed E-state index contributed by atoms with van der Waals surface area (Å²) in [6.45, 7) is 0.375. The van der Waals surface area contributed by atoms with Gasteiger partial charge in [0.05, 0.1) is 18.4 Å². The quantitative estimate of drug-likeness (QED) is 0.808. The maximum absolute atomic E-state index is 11.4. The number of carbonyl (C=O) groups excluding carboxylic acids is 1. The molecule has 15 heavy (non-hydrogen) atoms. The fraction of sp³-hybridized carbons (Fsp3) is 0.100. The molecule has 0 aliphatic carbocycles. The van der Waals surface area contributed by atoms with E-state index in [4.69, 9.17) is 4.52 Å². The predicted octanol–water partition coefficient (Wildman–Crippen LogP) is 1.000. The van der Waals surface area contributed by atoms with Crippen molar-refractivity contribution in [2.45, 2.75) is 6.54 Å². The molecule has 0 spiro atoms. The molecule has 5 nitrogen and oxygen atoms in total. The Hall–Kier alpha value is -2.17. The molecular weight excluding hydrogens is 194 g/mol. The van der Waals surface area contributed by atoms with Crippen LogP contribution in [0.2, 0.25) is 0 Å². The van der Waals surface area contributed by atoms with Gasteiger partial charge in [-0.2, -0.15) is 0 Å². The van der Waals surface area contributed by atoms with Crippen LogP contribution in [-0.4, -0.2) is 16.0 Å². The minimum Gasteiger partial charge on any atom is -0.351 e. The molecule has 0 aliphatic rings. The minimum atomic E-state index is -0.293. The summed E-state index contributed by atoms with van der Waals surface area (Å²) in [5.74, 6) is -0.0934. The Labute approximate surface area is 86.1 Å². The van der Waals surface area contributed by atoms with E-state index in [9.17, 15) is 4.79 Å². The summed E-state index contributed by atoms with van der Waals surface area (Å²) in [5, 5.41) is 6.11. The maximum atomic E-state index is 11.4. The zero-order chi connectivity index (χ0) is 10.5. The monoisotopic (exact) mass is 203 g/mol. The van der Waals surface area contributed by atoms with Crippen LogP contribution in [0.4, 0.5) is 0 Å². The van der Waals surface area contributed by atoms with E-state index in [1.165, 1.54) is 12.3 Å². The molecule has 0 saturated heterocycles. The number of nitrogens with zero attached hydrogens (tertiary/aromatic N) is 2. The van der Waals surface area contributed by atoms with Crippen LogP contribution in [0.5, 0.6) is 0 Å². The van der Waals surface area contributed by atoms with E-state index >= 15 is 0 Å². The molecule has 2 aromatic heterocycles. The zero-order valence-corrected chi connectivity index (χ0v) is 7.88. The second kappa shape index (κ2) is 4.36. The highest BCUT2D eigenvalue weighted by Gasteiger charge is 2.08. The molecule has 0 unspecified atom stereocenters. The summed E-state index contributed by atoms with van der Waals surface area (Å²) >= 11 is 0. The van der Waals surface area contributed by atoms with Crippen molar-refractivity contribution < 1.29 is 9.32 Å². The van der Waals surface area contributed by atoms with Crippen LogP contribution in [-0.2, 0) is 6.54 Å². The van der Waals surface area contributed by atoms with Crippen molar-refractivity contribution in [3.8, 4) is 0 Å². The van der Waals surface area contributed by atoms with Crippen LogP contribution in [0.1, 0.15) is 16.2 Å². The summed E-state index contributed by atoms with van der Waals surface area (Å²) in [6.07, 6.45) is 3.10. The Morgan fingerprint density at radius 2 is 2.27 bits per heavy atom. The molecule has 2 rings (SSSR count). The molecular formula is C10H9N3O2. The van der Waals surface area contributed by atoms with Crippen LogP contribution in [0.3, 0.4) is 0 Å².